The standard InChI is InChI=1S/C11H15N3/c1-8-4-3-5-14(2)10-6-11(12)13-7-9(8)10/h6-7H,1,3-5H2,2H3,(H2,12,13). The lowest BCUT2D eigenvalue weighted by molar-refractivity contribution is 0.825. The van der Waals surface area contributed by atoms with Crippen LogP contribution in [-0.4, -0.2) is 18.6 Å². The number of nitrogens with zero attached hydrogens (tertiary/aromatic N) is 2. The van der Waals surface area contributed by atoms with Gasteiger partial charge in [-0.2, -0.15) is 0 Å². The third-order valence-electron chi connectivity index (χ3n) is 2.67. The highest BCUT2D eigenvalue weighted by molar-refractivity contribution is 5.77. The minimum Gasteiger partial charge on any atom is -0.384 e. The third-order valence-corrected chi connectivity index (χ3v) is 2.67. The fourth-order valence-corrected chi connectivity index (χ4v) is 1.83. The first kappa shape index (κ1) is 9.06. The molecule has 0 radical (unpaired) electrons. The Labute approximate surface area is 84.2 Å². The van der Waals surface area contributed by atoms with Gasteiger partial charge in [0.15, 0.2) is 0 Å². The van der Waals surface area contributed by atoms with Crippen LogP contribution in [0.25, 0.3) is 5.57 Å². The highest BCUT2D eigenvalue weighted by atomic mass is 15.1. The quantitative estimate of drug-likeness (QED) is 0.677. The van der Waals surface area contributed by atoms with Crippen LogP contribution >= 0.6 is 0 Å². The summed E-state index contributed by atoms with van der Waals surface area (Å²) in [6, 6.07) is 1.92. The molecule has 1 aliphatic heterocycles. The molecule has 0 saturated heterocycles. The van der Waals surface area contributed by atoms with Crippen LogP contribution in [0.5, 0.6) is 0 Å². The minimum absolute atomic E-state index is 0.574. The van der Waals surface area contributed by atoms with E-state index in [0.717, 1.165) is 36.2 Å². The van der Waals surface area contributed by atoms with Crippen molar-refractivity contribution >= 4 is 17.1 Å². The zero-order valence-electron chi connectivity index (χ0n) is 8.45. The molecule has 0 amide bonds. The summed E-state index contributed by atoms with van der Waals surface area (Å²) in [4.78, 5) is 6.32. The Kier molecular flexibility index (Phi) is 2.15. The predicted molar refractivity (Wildman–Crippen MR) is 60.2 cm³/mol. The third kappa shape index (κ3) is 1.45. The summed E-state index contributed by atoms with van der Waals surface area (Å²) >= 11 is 0. The van der Waals surface area contributed by atoms with Gasteiger partial charge in [-0.1, -0.05) is 6.58 Å². The van der Waals surface area contributed by atoms with Gasteiger partial charge in [-0.3, -0.25) is 0 Å². The fraction of sp³-hybridized carbons (Fsp3) is 0.364. The molecule has 0 aromatic carbocycles. The number of allylic oxidation sites excluding steroid dienone is 1. The minimum atomic E-state index is 0.574. The average Bonchev–Trinajstić information content (AvgIpc) is 2.28. The van der Waals surface area contributed by atoms with Crippen molar-refractivity contribution in [3.63, 3.8) is 0 Å². The molecule has 1 aromatic rings. The molecule has 0 atom stereocenters. The number of aromatic nitrogens is 1. The van der Waals surface area contributed by atoms with Gasteiger partial charge in [0.25, 0.3) is 0 Å². The molecule has 0 saturated carbocycles. The van der Waals surface area contributed by atoms with Gasteiger partial charge < -0.3 is 10.6 Å². The Balaban J connectivity index is 2.54. The van der Waals surface area contributed by atoms with E-state index in [-0.39, 0.29) is 0 Å². The van der Waals surface area contributed by atoms with E-state index in [1.165, 1.54) is 0 Å². The van der Waals surface area contributed by atoms with Gasteiger partial charge in [0.1, 0.15) is 5.82 Å². The maximum atomic E-state index is 5.67. The molecule has 1 aliphatic rings. The van der Waals surface area contributed by atoms with Crippen molar-refractivity contribution in [3.05, 3.63) is 24.4 Å². The molecule has 2 N–H and O–H groups in total. The monoisotopic (exact) mass is 189 g/mol. The predicted octanol–water partition coefficient (Wildman–Crippen LogP) is 1.91. The molecule has 74 valence electrons. The van der Waals surface area contributed by atoms with Crippen LogP contribution < -0.4 is 10.6 Å². The van der Waals surface area contributed by atoms with E-state index in [1.54, 1.807) is 0 Å². The van der Waals surface area contributed by atoms with Crippen LogP contribution in [0.1, 0.15) is 18.4 Å². The van der Waals surface area contributed by atoms with E-state index in [2.05, 4.69) is 23.5 Å². The first-order valence-corrected chi connectivity index (χ1v) is 4.83. The Bertz CT molecular complexity index is 371. The Morgan fingerprint density at radius 3 is 3.14 bits per heavy atom. The van der Waals surface area contributed by atoms with Gasteiger partial charge in [0, 0.05) is 37.1 Å². The zero-order valence-corrected chi connectivity index (χ0v) is 8.45. The van der Waals surface area contributed by atoms with Crippen molar-refractivity contribution in [3.8, 4) is 0 Å². The highest BCUT2D eigenvalue weighted by Crippen LogP contribution is 2.31. The fourth-order valence-electron chi connectivity index (χ4n) is 1.83. The molecule has 0 bridgehead atoms. The van der Waals surface area contributed by atoms with Crippen LogP contribution in [0.3, 0.4) is 0 Å². The number of anilines is 2. The van der Waals surface area contributed by atoms with E-state index < -0.39 is 0 Å². The van der Waals surface area contributed by atoms with E-state index in [0.29, 0.717) is 5.82 Å². The SMILES string of the molecule is C=C1CCCN(C)c2cc(N)ncc21. The number of nitrogens with two attached hydrogens (primary N) is 1. The Morgan fingerprint density at radius 1 is 1.57 bits per heavy atom. The van der Waals surface area contributed by atoms with E-state index in [1.807, 2.05) is 12.3 Å². The maximum Gasteiger partial charge on any atom is 0.125 e. The molecular weight excluding hydrogens is 174 g/mol. The van der Waals surface area contributed by atoms with Gasteiger partial charge in [-0.15, -0.1) is 0 Å². The topological polar surface area (TPSA) is 42.1 Å². The normalized spacial score (nSPS) is 16.4. The van der Waals surface area contributed by atoms with Gasteiger partial charge in [0.2, 0.25) is 0 Å². The number of rotatable bonds is 0. The second-order valence-corrected chi connectivity index (χ2v) is 3.75. The van der Waals surface area contributed by atoms with Crippen molar-refractivity contribution in [2.75, 3.05) is 24.2 Å². The van der Waals surface area contributed by atoms with Crippen LogP contribution in [0.4, 0.5) is 11.5 Å². The van der Waals surface area contributed by atoms with Gasteiger partial charge in [0.05, 0.1) is 0 Å². The Morgan fingerprint density at radius 2 is 2.36 bits per heavy atom. The van der Waals surface area contributed by atoms with Crippen LogP contribution in [0.2, 0.25) is 0 Å². The lowest BCUT2D eigenvalue weighted by Crippen LogP contribution is -2.18. The zero-order chi connectivity index (χ0) is 10.1. The Hall–Kier alpha value is -1.51. The molecule has 1 aromatic heterocycles. The molecular formula is C11H15N3. The van der Waals surface area contributed by atoms with E-state index >= 15 is 0 Å². The number of nitrogen functional groups attached to an aromatic ring is 1. The molecule has 0 unspecified atom stereocenters. The molecule has 0 aliphatic carbocycles. The first-order valence-electron chi connectivity index (χ1n) is 4.83. The van der Waals surface area contributed by atoms with E-state index in [4.69, 9.17) is 5.73 Å². The summed E-state index contributed by atoms with van der Waals surface area (Å²) < 4.78 is 0. The van der Waals surface area contributed by atoms with Gasteiger partial charge in [-0.05, 0) is 18.4 Å². The molecule has 14 heavy (non-hydrogen) atoms. The molecule has 2 heterocycles. The highest BCUT2D eigenvalue weighted by Gasteiger charge is 2.15. The van der Waals surface area contributed by atoms with Crippen molar-refractivity contribution in [2.45, 2.75) is 12.8 Å². The smallest absolute Gasteiger partial charge is 0.125 e. The van der Waals surface area contributed by atoms with Crippen molar-refractivity contribution < 1.29 is 0 Å². The average molecular weight is 189 g/mol. The maximum absolute atomic E-state index is 5.67. The molecule has 0 spiro atoms. The summed E-state index contributed by atoms with van der Waals surface area (Å²) in [6.07, 6.45) is 4.02. The van der Waals surface area contributed by atoms with Gasteiger partial charge in [-0.25, -0.2) is 4.98 Å². The van der Waals surface area contributed by atoms with Crippen molar-refractivity contribution in [1.29, 1.82) is 0 Å². The lowest BCUT2D eigenvalue weighted by Gasteiger charge is -2.19. The van der Waals surface area contributed by atoms with Gasteiger partial charge >= 0.3 is 0 Å². The largest absolute Gasteiger partial charge is 0.384 e. The second-order valence-electron chi connectivity index (χ2n) is 3.75. The molecule has 2 rings (SSSR count). The summed E-state index contributed by atoms with van der Waals surface area (Å²) in [6.45, 7) is 5.12. The summed E-state index contributed by atoms with van der Waals surface area (Å²) in [5.74, 6) is 0.574. The summed E-state index contributed by atoms with van der Waals surface area (Å²) in [5.41, 5.74) is 9.13. The van der Waals surface area contributed by atoms with Crippen LogP contribution in [0.15, 0.2) is 18.8 Å². The second kappa shape index (κ2) is 3.33. The molecule has 3 nitrogen and oxygen atoms in total. The molecule has 0 fully saturated rings. The first-order chi connectivity index (χ1) is 6.68. The molecule has 3 heteroatoms. The van der Waals surface area contributed by atoms with E-state index in [9.17, 15) is 0 Å². The van der Waals surface area contributed by atoms with Crippen molar-refractivity contribution in [1.82, 2.24) is 4.98 Å². The number of fused-ring (bicyclic) bond motifs is 1. The number of pyridine rings is 1. The summed E-state index contributed by atoms with van der Waals surface area (Å²) in [5, 5.41) is 0. The summed E-state index contributed by atoms with van der Waals surface area (Å²) in [7, 11) is 2.08. The lowest BCUT2D eigenvalue weighted by atomic mass is 10.1. The van der Waals surface area contributed by atoms with Crippen LogP contribution in [-0.2, 0) is 0 Å². The number of hydrogen-bond donors (Lipinski definition) is 1. The number of hydrogen-bond acceptors (Lipinski definition) is 3. The van der Waals surface area contributed by atoms with Crippen molar-refractivity contribution in [2.24, 2.45) is 0 Å². The van der Waals surface area contributed by atoms with Crippen LogP contribution in [0, 0.1) is 0 Å².